The first-order valence-electron chi connectivity index (χ1n) is 7.94. The molecule has 0 saturated carbocycles. The van der Waals surface area contributed by atoms with E-state index in [1.165, 1.54) is 18.2 Å². The largest absolute Gasteiger partial charge is 0.423 e. The Labute approximate surface area is 158 Å². The summed E-state index contributed by atoms with van der Waals surface area (Å²) in [5.74, 6) is 0. The normalized spacial score (nSPS) is 11.4. The zero-order valence-corrected chi connectivity index (χ0v) is 15.2. The zero-order chi connectivity index (χ0) is 19.8. The molecule has 0 spiro atoms. The lowest BCUT2D eigenvalue weighted by Gasteiger charge is -2.14. The Balaban J connectivity index is 1.88. The molecule has 8 heteroatoms. The summed E-state index contributed by atoms with van der Waals surface area (Å²) in [7, 11) is 0. The first kappa shape index (κ1) is 18.9. The number of thiocarbonyl (C=S) groups is 1. The van der Waals surface area contributed by atoms with Crippen molar-refractivity contribution in [1.82, 2.24) is 0 Å². The van der Waals surface area contributed by atoms with E-state index in [1.54, 1.807) is 0 Å². The lowest BCUT2D eigenvalue weighted by atomic mass is 10.1. The highest BCUT2D eigenvalue weighted by molar-refractivity contribution is 7.80. The van der Waals surface area contributed by atoms with Gasteiger partial charge in [0, 0.05) is 28.9 Å². The van der Waals surface area contributed by atoms with Crippen LogP contribution in [0.5, 0.6) is 0 Å². The van der Waals surface area contributed by atoms with E-state index in [0.717, 1.165) is 16.8 Å². The molecule has 0 unspecified atom stereocenters. The summed E-state index contributed by atoms with van der Waals surface area (Å²) in [6, 6.07) is 10.2. The molecule has 4 nitrogen and oxygen atoms in total. The van der Waals surface area contributed by atoms with Gasteiger partial charge in [0.2, 0.25) is 0 Å². The van der Waals surface area contributed by atoms with Gasteiger partial charge in [-0.3, -0.25) is 0 Å². The van der Waals surface area contributed by atoms with Crippen molar-refractivity contribution in [2.24, 2.45) is 0 Å². The predicted octanol–water partition coefficient (Wildman–Crippen LogP) is 5.24. The minimum Gasteiger partial charge on any atom is -0.423 e. The number of nitrogens with one attached hydrogen (secondary N) is 2. The summed E-state index contributed by atoms with van der Waals surface area (Å²) in [4.78, 5) is 11.5. The summed E-state index contributed by atoms with van der Waals surface area (Å²) < 4.78 is 44.2. The van der Waals surface area contributed by atoms with Crippen molar-refractivity contribution < 1.29 is 17.6 Å². The van der Waals surface area contributed by atoms with Crippen molar-refractivity contribution in [2.45, 2.75) is 20.0 Å². The van der Waals surface area contributed by atoms with Crippen LogP contribution in [0.1, 0.15) is 16.7 Å². The van der Waals surface area contributed by atoms with E-state index in [0.29, 0.717) is 11.8 Å². The average molecular weight is 392 g/mol. The van der Waals surface area contributed by atoms with Crippen LogP contribution in [0, 0.1) is 13.8 Å². The van der Waals surface area contributed by atoms with Crippen LogP contribution in [0.2, 0.25) is 0 Å². The molecule has 0 aliphatic carbocycles. The van der Waals surface area contributed by atoms with Gasteiger partial charge in [-0.15, -0.1) is 0 Å². The number of alkyl halides is 3. The fourth-order valence-electron chi connectivity index (χ4n) is 2.65. The van der Waals surface area contributed by atoms with Gasteiger partial charge in [0.05, 0.1) is 5.56 Å². The number of rotatable bonds is 2. The first-order chi connectivity index (χ1) is 12.6. The van der Waals surface area contributed by atoms with E-state index >= 15 is 0 Å². The van der Waals surface area contributed by atoms with E-state index in [-0.39, 0.29) is 16.1 Å². The molecule has 1 heterocycles. The monoisotopic (exact) mass is 392 g/mol. The molecule has 2 N–H and O–H groups in total. The zero-order valence-electron chi connectivity index (χ0n) is 14.4. The second-order valence-corrected chi connectivity index (χ2v) is 6.42. The second-order valence-electron chi connectivity index (χ2n) is 6.01. The molecule has 0 saturated heterocycles. The molecule has 2 aromatic carbocycles. The molecule has 140 valence electrons. The molecule has 0 aliphatic rings. The molecule has 0 amide bonds. The van der Waals surface area contributed by atoms with Gasteiger partial charge in [0.1, 0.15) is 5.58 Å². The first-order valence-corrected chi connectivity index (χ1v) is 8.35. The Morgan fingerprint density at radius 3 is 2.52 bits per heavy atom. The maximum absolute atomic E-state index is 13.1. The molecular formula is C19H15F3N2O2S. The SMILES string of the molecule is Cc1cccc(NC(=S)Nc2ccc3c(C(F)(F)F)cc(=O)oc3c2)c1C. The molecule has 1 aromatic heterocycles. The van der Waals surface area contributed by atoms with Crippen molar-refractivity contribution in [3.63, 3.8) is 0 Å². The molecule has 27 heavy (non-hydrogen) atoms. The minimum atomic E-state index is -4.65. The number of anilines is 2. The maximum Gasteiger partial charge on any atom is 0.417 e. The summed E-state index contributed by atoms with van der Waals surface area (Å²) in [6.07, 6.45) is -4.65. The Hall–Kier alpha value is -2.87. The molecule has 0 aliphatic heterocycles. The van der Waals surface area contributed by atoms with E-state index in [1.807, 2.05) is 32.0 Å². The number of halogens is 3. The fourth-order valence-corrected chi connectivity index (χ4v) is 2.87. The number of hydrogen-bond donors (Lipinski definition) is 2. The molecule has 0 radical (unpaired) electrons. The van der Waals surface area contributed by atoms with Gasteiger partial charge in [-0.2, -0.15) is 13.2 Å². The molecule has 3 rings (SSSR count). The summed E-state index contributed by atoms with van der Waals surface area (Å²) in [5.41, 5.74) is 1.07. The highest BCUT2D eigenvalue weighted by Crippen LogP contribution is 2.34. The topological polar surface area (TPSA) is 54.3 Å². The van der Waals surface area contributed by atoms with Gasteiger partial charge < -0.3 is 15.1 Å². The minimum absolute atomic E-state index is 0.172. The number of hydrogen-bond acceptors (Lipinski definition) is 3. The average Bonchev–Trinajstić information content (AvgIpc) is 2.57. The summed E-state index contributed by atoms with van der Waals surface area (Å²) in [6.45, 7) is 3.92. The lowest BCUT2D eigenvalue weighted by Crippen LogP contribution is -2.20. The Morgan fingerprint density at radius 2 is 1.81 bits per heavy atom. The van der Waals surface area contributed by atoms with Gasteiger partial charge in [-0.05, 0) is 55.4 Å². The smallest absolute Gasteiger partial charge is 0.417 e. The van der Waals surface area contributed by atoms with Crippen LogP contribution in [-0.2, 0) is 6.18 Å². The van der Waals surface area contributed by atoms with E-state index < -0.39 is 17.4 Å². The van der Waals surface area contributed by atoms with Gasteiger partial charge in [0.25, 0.3) is 0 Å². The van der Waals surface area contributed by atoms with Gasteiger partial charge in [-0.1, -0.05) is 12.1 Å². The van der Waals surface area contributed by atoms with Crippen LogP contribution < -0.4 is 16.3 Å². The Kier molecular flexibility index (Phi) is 4.93. The van der Waals surface area contributed by atoms with Crippen molar-refractivity contribution >= 4 is 39.7 Å². The molecule has 3 aromatic rings. The van der Waals surface area contributed by atoms with Crippen molar-refractivity contribution in [3.05, 3.63) is 69.6 Å². The van der Waals surface area contributed by atoms with Gasteiger partial charge >= 0.3 is 11.8 Å². The third kappa shape index (κ3) is 4.11. The maximum atomic E-state index is 13.1. The van der Waals surface area contributed by atoms with E-state index in [4.69, 9.17) is 16.6 Å². The quantitative estimate of drug-likeness (QED) is 0.462. The predicted molar refractivity (Wildman–Crippen MR) is 103 cm³/mol. The number of benzene rings is 2. The molecule has 0 fully saturated rings. The van der Waals surface area contributed by atoms with Crippen LogP contribution in [-0.4, -0.2) is 5.11 Å². The van der Waals surface area contributed by atoms with Gasteiger partial charge in [0.15, 0.2) is 5.11 Å². The van der Waals surface area contributed by atoms with E-state index in [2.05, 4.69) is 10.6 Å². The molecular weight excluding hydrogens is 377 g/mol. The molecule has 0 bridgehead atoms. The lowest BCUT2D eigenvalue weighted by molar-refractivity contribution is -0.136. The van der Waals surface area contributed by atoms with Crippen LogP contribution in [0.4, 0.5) is 24.5 Å². The third-order valence-corrected chi connectivity index (χ3v) is 4.36. The van der Waals surface area contributed by atoms with Crippen LogP contribution in [0.25, 0.3) is 11.0 Å². The fraction of sp³-hybridized carbons (Fsp3) is 0.158. The highest BCUT2D eigenvalue weighted by atomic mass is 32.1. The number of aryl methyl sites for hydroxylation is 1. The van der Waals surface area contributed by atoms with Crippen LogP contribution >= 0.6 is 12.2 Å². The van der Waals surface area contributed by atoms with Gasteiger partial charge in [-0.25, -0.2) is 4.79 Å². The number of fused-ring (bicyclic) bond motifs is 1. The highest BCUT2D eigenvalue weighted by Gasteiger charge is 2.33. The van der Waals surface area contributed by atoms with Crippen LogP contribution in [0.3, 0.4) is 0 Å². The van der Waals surface area contributed by atoms with Crippen LogP contribution in [0.15, 0.2) is 51.7 Å². The summed E-state index contributed by atoms with van der Waals surface area (Å²) >= 11 is 5.26. The summed E-state index contributed by atoms with van der Waals surface area (Å²) in [5, 5.41) is 5.99. The molecule has 0 atom stereocenters. The third-order valence-electron chi connectivity index (χ3n) is 4.16. The second kappa shape index (κ2) is 7.03. The Bertz CT molecular complexity index is 1090. The van der Waals surface area contributed by atoms with Crippen molar-refractivity contribution in [1.29, 1.82) is 0 Å². The van der Waals surface area contributed by atoms with E-state index in [9.17, 15) is 18.0 Å². The Morgan fingerprint density at radius 1 is 1.07 bits per heavy atom. The standard InChI is InChI=1S/C19H15F3N2O2S/c1-10-4-3-5-15(11(10)2)24-18(27)23-12-6-7-13-14(19(20,21)22)9-17(25)26-16(13)8-12/h3-9H,1-2H3,(H2,23,24,27). The van der Waals surface area contributed by atoms with Crippen molar-refractivity contribution in [2.75, 3.05) is 10.6 Å². The van der Waals surface area contributed by atoms with Crippen molar-refractivity contribution in [3.8, 4) is 0 Å².